The molecule has 2 aliphatic heterocycles. The minimum atomic E-state index is 0. The number of hydrogen-bond donors (Lipinski definition) is 1. The fraction of sp³-hybridized carbons (Fsp3) is 0.778. The lowest BCUT2D eigenvalue weighted by atomic mass is 9.97. The summed E-state index contributed by atoms with van der Waals surface area (Å²) in [5.74, 6) is 0. The van der Waals surface area contributed by atoms with Gasteiger partial charge in [-0.1, -0.05) is 18.6 Å². The van der Waals surface area contributed by atoms with Gasteiger partial charge in [0.05, 0.1) is 0 Å². The SMILES string of the molecule is C1=CCC2CCCC(C1)N2.Cl. The van der Waals surface area contributed by atoms with Crippen LogP contribution in [0.1, 0.15) is 32.1 Å². The lowest BCUT2D eigenvalue weighted by molar-refractivity contribution is 0.330. The van der Waals surface area contributed by atoms with Crippen LogP contribution in [-0.2, 0) is 0 Å². The van der Waals surface area contributed by atoms with E-state index in [1.807, 2.05) is 0 Å². The van der Waals surface area contributed by atoms with Crippen molar-refractivity contribution in [2.45, 2.75) is 44.2 Å². The zero-order valence-electron chi connectivity index (χ0n) is 6.75. The summed E-state index contributed by atoms with van der Waals surface area (Å²) in [6.45, 7) is 0. The van der Waals surface area contributed by atoms with E-state index >= 15 is 0 Å². The average molecular weight is 174 g/mol. The summed E-state index contributed by atoms with van der Waals surface area (Å²) in [5.41, 5.74) is 0. The largest absolute Gasteiger partial charge is 0.311 e. The van der Waals surface area contributed by atoms with Crippen LogP contribution in [0.2, 0.25) is 0 Å². The second-order valence-electron chi connectivity index (χ2n) is 3.43. The van der Waals surface area contributed by atoms with Crippen LogP contribution in [0.5, 0.6) is 0 Å². The second-order valence-corrected chi connectivity index (χ2v) is 3.43. The molecule has 64 valence electrons. The molecule has 2 bridgehead atoms. The van der Waals surface area contributed by atoms with Gasteiger partial charge in [-0.3, -0.25) is 0 Å². The van der Waals surface area contributed by atoms with E-state index in [2.05, 4.69) is 17.5 Å². The lowest BCUT2D eigenvalue weighted by Gasteiger charge is -2.28. The Kier molecular flexibility index (Phi) is 3.41. The Morgan fingerprint density at radius 2 is 1.55 bits per heavy atom. The summed E-state index contributed by atoms with van der Waals surface area (Å²) in [6, 6.07) is 1.61. The Balaban J connectivity index is 0.000000605. The summed E-state index contributed by atoms with van der Waals surface area (Å²) in [4.78, 5) is 0. The number of nitrogens with one attached hydrogen (secondary N) is 1. The first-order valence-electron chi connectivity index (χ1n) is 4.36. The molecule has 2 unspecified atom stereocenters. The molecule has 0 aliphatic carbocycles. The van der Waals surface area contributed by atoms with Crippen molar-refractivity contribution < 1.29 is 0 Å². The summed E-state index contributed by atoms with van der Waals surface area (Å²) < 4.78 is 0. The van der Waals surface area contributed by atoms with E-state index in [1.54, 1.807) is 0 Å². The summed E-state index contributed by atoms with van der Waals surface area (Å²) in [6.07, 6.45) is 11.4. The normalized spacial score (nSPS) is 35.6. The molecule has 0 radical (unpaired) electrons. The summed E-state index contributed by atoms with van der Waals surface area (Å²) in [5, 5.41) is 3.65. The molecule has 2 aliphatic rings. The summed E-state index contributed by atoms with van der Waals surface area (Å²) in [7, 11) is 0. The molecule has 1 fully saturated rings. The smallest absolute Gasteiger partial charge is 0.0104 e. The number of hydrogen-bond acceptors (Lipinski definition) is 1. The van der Waals surface area contributed by atoms with Crippen molar-refractivity contribution in [1.82, 2.24) is 5.32 Å². The molecule has 2 heterocycles. The van der Waals surface area contributed by atoms with Crippen LogP contribution in [0.4, 0.5) is 0 Å². The first-order valence-corrected chi connectivity index (χ1v) is 4.36. The van der Waals surface area contributed by atoms with Crippen molar-refractivity contribution in [3.8, 4) is 0 Å². The van der Waals surface area contributed by atoms with Crippen molar-refractivity contribution in [2.24, 2.45) is 0 Å². The molecule has 2 atom stereocenters. The van der Waals surface area contributed by atoms with Crippen molar-refractivity contribution in [1.29, 1.82) is 0 Å². The van der Waals surface area contributed by atoms with Crippen molar-refractivity contribution in [2.75, 3.05) is 0 Å². The molecule has 1 saturated heterocycles. The van der Waals surface area contributed by atoms with Crippen LogP contribution in [0, 0.1) is 0 Å². The van der Waals surface area contributed by atoms with Gasteiger partial charge in [0.25, 0.3) is 0 Å². The van der Waals surface area contributed by atoms with E-state index in [1.165, 1.54) is 32.1 Å². The van der Waals surface area contributed by atoms with Gasteiger partial charge in [-0.25, -0.2) is 0 Å². The highest BCUT2D eigenvalue weighted by molar-refractivity contribution is 5.85. The minimum Gasteiger partial charge on any atom is -0.311 e. The van der Waals surface area contributed by atoms with Gasteiger partial charge in [0.15, 0.2) is 0 Å². The van der Waals surface area contributed by atoms with E-state index in [4.69, 9.17) is 0 Å². The Hall–Kier alpha value is -0.0100. The fourth-order valence-corrected chi connectivity index (χ4v) is 2.00. The van der Waals surface area contributed by atoms with Crippen LogP contribution >= 0.6 is 12.4 Å². The third-order valence-electron chi connectivity index (χ3n) is 2.58. The monoisotopic (exact) mass is 173 g/mol. The van der Waals surface area contributed by atoms with Gasteiger partial charge >= 0.3 is 0 Å². The molecule has 2 heteroatoms. The van der Waals surface area contributed by atoms with E-state index in [9.17, 15) is 0 Å². The van der Waals surface area contributed by atoms with Gasteiger partial charge < -0.3 is 5.32 Å². The maximum Gasteiger partial charge on any atom is 0.0104 e. The molecule has 0 aromatic heterocycles. The number of halogens is 1. The molecule has 0 saturated carbocycles. The van der Waals surface area contributed by atoms with E-state index in [-0.39, 0.29) is 12.4 Å². The zero-order chi connectivity index (χ0) is 6.81. The van der Waals surface area contributed by atoms with E-state index in [0.29, 0.717) is 0 Å². The lowest BCUT2D eigenvalue weighted by Crippen LogP contribution is -2.40. The number of fused-ring (bicyclic) bond motifs is 2. The maximum absolute atomic E-state index is 3.65. The fourth-order valence-electron chi connectivity index (χ4n) is 2.00. The Labute approximate surface area is 74.7 Å². The van der Waals surface area contributed by atoms with Crippen LogP contribution in [-0.4, -0.2) is 12.1 Å². The third-order valence-corrected chi connectivity index (χ3v) is 2.58. The third kappa shape index (κ3) is 2.21. The maximum atomic E-state index is 3.65. The first kappa shape index (κ1) is 9.08. The molecule has 0 aromatic carbocycles. The molecule has 1 nitrogen and oxygen atoms in total. The standard InChI is InChI=1S/C9H15N.ClH/c1-2-5-9-7-3-6-8(4-1)10-9;/h1-2,8-10H,3-7H2;1H. The van der Waals surface area contributed by atoms with E-state index < -0.39 is 0 Å². The molecular formula is C9H16ClN. The van der Waals surface area contributed by atoms with Crippen molar-refractivity contribution in [3.63, 3.8) is 0 Å². The van der Waals surface area contributed by atoms with Gasteiger partial charge in [0.2, 0.25) is 0 Å². The Morgan fingerprint density at radius 3 is 2.09 bits per heavy atom. The first-order chi connectivity index (χ1) is 4.95. The Morgan fingerprint density at radius 1 is 1.00 bits per heavy atom. The zero-order valence-corrected chi connectivity index (χ0v) is 7.57. The molecule has 1 N–H and O–H groups in total. The number of rotatable bonds is 0. The molecular weight excluding hydrogens is 158 g/mol. The van der Waals surface area contributed by atoms with Gasteiger partial charge in [-0.05, 0) is 25.7 Å². The van der Waals surface area contributed by atoms with Crippen LogP contribution in [0.15, 0.2) is 12.2 Å². The van der Waals surface area contributed by atoms with Gasteiger partial charge in [0, 0.05) is 12.1 Å². The highest BCUT2D eigenvalue weighted by atomic mass is 35.5. The predicted molar refractivity (Wildman–Crippen MR) is 50.2 cm³/mol. The predicted octanol–water partition coefficient (Wildman–Crippen LogP) is 2.27. The molecule has 0 aromatic rings. The highest BCUT2D eigenvalue weighted by Gasteiger charge is 2.20. The van der Waals surface area contributed by atoms with Crippen LogP contribution in [0.25, 0.3) is 0 Å². The minimum absolute atomic E-state index is 0. The van der Waals surface area contributed by atoms with Crippen molar-refractivity contribution in [3.05, 3.63) is 12.2 Å². The van der Waals surface area contributed by atoms with Gasteiger partial charge in [-0.15, -0.1) is 12.4 Å². The van der Waals surface area contributed by atoms with Crippen LogP contribution in [0.3, 0.4) is 0 Å². The van der Waals surface area contributed by atoms with Gasteiger partial charge in [-0.2, -0.15) is 0 Å². The average Bonchev–Trinajstić information content (AvgIpc) is 2.12. The molecule has 0 spiro atoms. The van der Waals surface area contributed by atoms with E-state index in [0.717, 1.165) is 12.1 Å². The molecule has 2 rings (SSSR count). The quantitative estimate of drug-likeness (QED) is 0.555. The molecule has 0 amide bonds. The highest BCUT2D eigenvalue weighted by Crippen LogP contribution is 2.20. The van der Waals surface area contributed by atoms with Gasteiger partial charge in [0.1, 0.15) is 0 Å². The topological polar surface area (TPSA) is 12.0 Å². The summed E-state index contributed by atoms with van der Waals surface area (Å²) >= 11 is 0. The Bertz CT molecular complexity index is 130. The second kappa shape index (κ2) is 4.13. The van der Waals surface area contributed by atoms with Crippen LogP contribution < -0.4 is 5.32 Å². The number of piperidine rings is 1. The van der Waals surface area contributed by atoms with Crippen molar-refractivity contribution >= 4 is 12.4 Å². The molecule has 11 heavy (non-hydrogen) atoms.